The van der Waals surface area contributed by atoms with Crippen LogP contribution in [-0.2, 0) is 14.4 Å². The van der Waals surface area contributed by atoms with Crippen LogP contribution in [0.15, 0.2) is 91.0 Å². The minimum absolute atomic E-state index is 0.243. The summed E-state index contributed by atoms with van der Waals surface area (Å²) >= 11 is 0. The lowest BCUT2D eigenvalue weighted by atomic mass is 10.3. The Morgan fingerprint density at radius 3 is 0.903 bits per heavy atom. The average Bonchev–Trinajstić information content (AvgIpc) is 2.75. The van der Waals surface area contributed by atoms with Gasteiger partial charge in [0, 0.05) is 37.8 Å². The Hall–Kier alpha value is -3.71. The second-order valence-corrected chi connectivity index (χ2v) is 9.26. The van der Waals surface area contributed by atoms with Crippen LogP contribution < -0.4 is 13.7 Å². The molecule has 3 rings (SSSR count). The highest BCUT2D eigenvalue weighted by atomic mass is 28.3. The predicted octanol–water partition coefficient (Wildman–Crippen LogP) is 3.86. The molecule has 0 atom stereocenters. The van der Waals surface area contributed by atoms with Crippen molar-refractivity contribution < 1.29 is 14.4 Å². The molecule has 0 N–H and O–H groups in total. The van der Waals surface area contributed by atoms with Gasteiger partial charge in [-0.2, -0.15) is 0 Å². The van der Waals surface area contributed by atoms with Crippen molar-refractivity contribution in [2.24, 2.45) is 0 Å². The fourth-order valence-corrected chi connectivity index (χ4v) is 6.53. The molecule has 0 aliphatic rings. The first kappa shape index (κ1) is 22.0. The van der Waals surface area contributed by atoms with Gasteiger partial charge in [0.25, 0.3) is 0 Å². The molecule has 0 saturated heterocycles. The molecule has 3 amide bonds. The summed E-state index contributed by atoms with van der Waals surface area (Å²) in [5.74, 6) is -0.730. The summed E-state index contributed by atoms with van der Waals surface area (Å²) in [5, 5.41) is 0. The van der Waals surface area contributed by atoms with Crippen LogP contribution in [0.25, 0.3) is 0 Å². The maximum absolute atomic E-state index is 13.0. The van der Waals surface area contributed by atoms with E-state index in [2.05, 4.69) is 0 Å². The summed E-state index contributed by atoms with van der Waals surface area (Å²) in [6.45, 7) is 4.37. The van der Waals surface area contributed by atoms with Gasteiger partial charge < -0.3 is 13.7 Å². The lowest BCUT2D eigenvalue weighted by Crippen LogP contribution is -2.68. The van der Waals surface area contributed by atoms with Crippen LogP contribution >= 0.6 is 0 Å². The molecule has 0 heterocycles. The van der Waals surface area contributed by atoms with Gasteiger partial charge in [0.2, 0.25) is 17.7 Å². The van der Waals surface area contributed by atoms with Crippen molar-refractivity contribution in [3.8, 4) is 0 Å². The Bertz CT molecular complexity index is 909. The first-order chi connectivity index (χ1) is 14.9. The summed E-state index contributed by atoms with van der Waals surface area (Å²) in [5.41, 5.74) is 1.91. The molecule has 6 nitrogen and oxygen atoms in total. The van der Waals surface area contributed by atoms with E-state index in [9.17, 15) is 14.4 Å². The highest BCUT2D eigenvalue weighted by molar-refractivity contribution is 6.80. The number of amides is 3. The Balaban J connectivity index is 2.29. The van der Waals surface area contributed by atoms with E-state index >= 15 is 0 Å². The van der Waals surface area contributed by atoms with Crippen molar-refractivity contribution in [2.75, 3.05) is 13.7 Å². The van der Waals surface area contributed by atoms with E-state index < -0.39 is 9.28 Å². The van der Waals surface area contributed by atoms with Crippen molar-refractivity contribution in [3.05, 3.63) is 91.0 Å². The fraction of sp³-hybridized carbons (Fsp3) is 0.125. The number of hydrogen-bond acceptors (Lipinski definition) is 3. The van der Waals surface area contributed by atoms with E-state index in [1.54, 1.807) is 13.7 Å². The maximum atomic E-state index is 13.0. The number of carbonyl (C=O) groups excluding carboxylic acids is 3. The van der Waals surface area contributed by atoms with Crippen LogP contribution in [-0.4, -0.2) is 27.0 Å². The molecule has 0 bridgehead atoms. The largest absolute Gasteiger partial charge is 0.383 e. The molecule has 0 saturated carbocycles. The molecule has 0 aliphatic heterocycles. The van der Waals surface area contributed by atoms with Gasteiger partial charge >= 0.3 is 9.28 Å². The van der Waals surface area contributed by atoms with Crippen LogP contribution in [0.4, 0.5) is 17.1 Å². The van der Waals surface area contributed by atoms with Crippen LogP contribution in [0.3, 0.4) is 0 Å². The number of benzene rings is 3. The minimum Gasteiger partial charge on any atom is -0.306 e. The number of anilines is 3. The molecule has 158 valence electrons. The van der Waals surface area contributed by atoms with Gasteiger partial charge in [0.05, 0.1) is 0 Å². The van der Waals surface area contributed by atoms with Crippen molar-refractivity contribution in [3.63, 3.8) is 0 Å². The highest BCUT2D eigenvalue weighted by Gasteiger charge is 2.41. The standard InChI is InChI=1S/C24H25N3O3Si/c1-19(28)25(22-13-7-4-8-14-22)31(26(20(2)29)23-15-9-5-10-16-23)27(21(3)30)24-17-11-6-12-18-24/h4-18,31H,1-3H3. The van der Waals surface area contributed by atoms with Gasteiger partial charge in [-0.1, -0.05) is 54.6 Å². The Kier molecular flexibility index (Phi) is 6.99. The van der Waals surface area contributed by atoms with Crippen LogP contribution in [0.2, 0.25) is 0 Å². The van der Waals surface area contributed by atoms with E-state index in [1.165, 1.54) is 20.8 Å². The van der Waals surface area contributed by atoms with E-state index in [1.807, 2.05) is 91.0 Å². The van der Waals surface area contributed by atoms with Gasteiger partial charge in [-0.25, -0.2) is 0 Å². The molecule has 0 aliphatic carbocycles. The first-order valence-corrected chi connectivity index (χ1v) is 11.5. The number of carbonyl (C=O) groups is 3. The molecule has 0 spiro atoms. The molecular formula is C24H25N3O3Si. The Morgan fingerprint density at radius 1 is 0.484 bits per heavy atom. The summed E-state index contributed by atoms with van der Waals surface area (Å²) < 4.78 is 4.80. The van der Waals surface area contributed by atoms with Gasteiger partial charge in [0.15, 0.2) is 0 Å². The third-order valence-corrected chi connectivity index (χ3v) is 8.18. The number of nitrogens with zero attached hydrogens (tertiary/aromatic N) is 3. The average molecular weight is 432 g/mol. The van der Waals surface area contributed by atoms with Crippen molar-refractivity contribution >= 4 is 44.1 Å². The molecule has 3 aromatic carbocycles. The lowest BCUT2D eigenvalue weighted by Gasteiger charge is -2.43. The van der Waals surface area contributed by atoms with E-state index in [0.717, 1.165) is 0 Å². The van der Waals surface area contributed by atoms with E-state index in [-0.39, 0.29) is 17.7 Å². The smallest absolute Gasteiger partial charge is 0.306 e. The van der Waals surface area contributed by atoms with Gasteiger partial charge in [0.1, 0.15) is 0 Å². The predicted molar refractivity (Wildman–Crippen MR) is 126 cm³/mol. The summed E-state index contributed by atoms with van der Waals surface area (Å²) in [7, 11) is -2.98. The zero-order chi connectivity index (χ0) is 22.4. The van der Waals surface area contributed by atoms with Crippen LogP contribution in [0.1, 0.15) is 20.8 Å². The monoisotopic (exact) mass is 431 g/mol. The SMILES string of the molecule is CC(=O)N(c1ccccc1)[SiH](N(C(C)=O)c1ccccc1)N(C(C)=O)c1ccccc1. The quantitative estimate of drug-likeness (QED) is 0.557. The van der Waals surface area contributed by atoms with Crippen LogP contribution in [0, 0.1) is 0 Å². The van der Waals surface area contributed by atoms with Crippen molar-refractivity contribution in [1.82, 2.24) is 0 Å². The topological polar surface area (TPSA) is 60.9 Å². The van der Waals surface area contributed by atoms with Gasteiger partial charge in [-0.05, 0) is 36.4 Å². The summed E-state index contributed by atoms with van der Waals surface area (Å²) in [6.07, 6.45) is 0. The zero-order valence-electron chi connectivity index (χ0n) is 17.8. The highest BCUT2D eigenvalue weighted by Crippen LogP contribution is 2.27. The summed E-state index contributed by atoms with van der Waals surface area (Å²) in [4.78, 5) is 39.0. The molecular weight excluding hydrogens is 406 g/mol. The molecule has 0 fully saturated rings. The molecule has 3 aromatic rings. The molecule has 0 unspecified atom stereocenters. The third kappa shape index (κ3) is 4.89. The Labute approximate surface area is 184 Å². The minimum atomic E-state index is -2.98. The molecule has 31 heavy (non-hydrogen) atoms. The zero-order valence-corrected chi connectivity index (χ0v) is 19.0. The molecule has 7 heteroatoms. The number of rotatable bonds is 6. The second kappa shape index (κ2) is 9.86. The fourth-order valence-electron chi connectivity index (χ4n) is 3.55. The van der Waals surface area contributed by atoms with Gasteiger partial charge in [-0.3, -0.25) is 14.4 Å². The Morgan fingerprint density at radius 2 is 0.710 bits per heavy atom. The first-order valence-electron chi connectivity index (χ1n) is 9.96. The van der Waals surface area contributed by atoms with Crippen LogP contribution in [0.5, 0.6) is 0 Å². The van der Waals surface area contributed by atoms with Crippen molar-refractivity contribution in [2.45, 2.75) is 20.8 Å². The molecule has 0 radical (unpaired) electrons. The lowest BCUT2D eigenvalue weighted by molar-refractivity contribution is -0.115. The maximum Gasteiger partial charge on any atom is 0.383 e. The molecule has 0 aromatic heterocycles. The summed E-state index contributed by atoms with van der Waals surface area (Å²) in [6, 6.07) is 27.4. The van der Waals surface area contributed by atoms with Crippen molar-refractivity contribution in [1.29, 1.82) is 0 Å². The number of para-hydroxylation sites is 3. The third-order valence-electron chi connectivity index (χ3n) is 4.81. The van der Waals surface area contributed by atoms with E-state index in [4.69, 9.17) is 0 Å². The van der Waals surface area contributed by atoms with E-state index in [0.29, 0.717) is 17.1 Å². The number of hydrogen-bond donors (Lipinski definition) is 0. The normalized spacial score (nSPS) is 10.5. The van der Waals surface area contributed by atoms with Gasteiger partial charge in [-0.15, -0.1) is 0 Å². The second-order valence-electron chi connectivity index (χ2n) is 7.02.